The molecule has 0 bridgehead atoms. The van der Waals surface area contributed by atoms with E-state index in [-0.39, 0.29) is 85.4 Å². The standard InChI is InChI=1S/C122H104BN3O2/c1-118(2,3)83-56-49-78(50-57-83)97-68-85(120(7,8)9)70-101(95-45-31-43-93-91-41-27-29-47-111(91)127-116(93)95)114(97)125-107-64-55-82(90-40-26-25-39-89(90)77-37-23-18-24-38-77)67-104(107)123-103-61-60-88(124-105-62-53-80(75-33-19-16-20-34-75)65-99(105)100-66-81(54-63-106(100)124)76-35-21-17-22-36-76)74-108(103)126(110-73-87(122(13,14)15)72-109(125)113(110)123)115-98(79-51-58-84(59-52-79)119(4,5)6)69-86(121(10,11)12)71-102(115)96-46-32-44-94-92-42-28-30-48-112(92)128-117(94)96/h16-74H,1-15H3/i53D,54D,62D,63D,65D,66D. The minimum Gasteiger partial charge on any atom is -0.455 e. The average Bonchev–Trinajstić information content (AvgIpc) is 1.35. The van der Waals surface area contributed by atoms with Crippen LogP contribution >= 0.6 is 0 Å². The van der Waals surface area contributed by atoms with Gasteiger partial charge in [0.25, 0.3) is 6.71 Å². The second-order valence-electron chi connectivity index (χ2n) is 40.3. The molecule has 0 radical (unpaired) electrons. The first-order chi connectivity index (χ1) is 64.2. The maximum absolute atomic E-state index is 10.7. The number of para-hydroxylation sites is 4. The van der Waals surface area contributed by atoms with Crippen molar-refractivity contribution >= 4 is 123 Å². The molecule has 5 heterocycles. The predicted molar refractivity (Wildman–Crippen MR) is 546 cm³/mol. The van der Waals surface area contributed by atoms with E-state index in [1.165, 1.54) is 11.1 Å². The molecule has 2 aliphatic heterocycles. The highest BCUT2D eigenvalue weighted by molar-refractivity contribution is 7.00. The second kappa shape index (κ2) is 29.7. The van der Waals surface area contributed by atoms with Crippen LogP contribution in [-0.2, 0) is 27.1 Å². The van der Waals surface area contributed by atoms with Crippen molar-refractivity contribution < 1.29 is 17.1 Å². The van der Waals surface area contributed by atoms with Crippen molar-refractivity contribution in [2.45, 2.75) is 131 Å². The first-order valence-electron chi connectivity index (χ1n) is 48.0. The second-order valence-corrected chi connectivity index (χ2v) is 40.3. The molecule has 5 nitrogen and oxygen atoms in total. The summed E-state index contributed by atoms with van der Waals surface area (Å²) in [6.45, 7) is 33.9. The van der Waals surface area contributed by atoms with Crippen molar-refractivity contribution in [2.24, 2.45) is 0 Å². The van der Waals surface area contributed by atoms with Gasteiger partial charge in [-0.05, 0) is 218 Å². The predicted octanol–water partition coefficient (Wildman–Crippen LogP) is 32.5. The van der Waals surface area contributed by atoms with Gasteiger partial charge in [-0.15, -0.1) is 0 Å². The van der Waals surface area contributed by atoms with Gasteiger partial charge in [0.05, 0.1) is 30.6 Å². The Morgan fingerprint density at radius 1 is 0.250 bits per heavy atom. The quantitative estimate of drug-likeness (QED) is 0.121. The van der Waals surface area contributed by atoms with Crippen LogP contribution in [0.5, 0.6) is 0 Å². The van der Waals surface area contributed by atoms with Gasteiger partial charge in [-0.25, -0.2) is 0 Å². The molecule has 0 atom stereocenters. The van der Waals surface area contributed by atoms with Gasteiger partial charge in [-0.2, -0.15) is 0 Å². The van der Waals surface area contributed by atoms with Crippen molar-refractivity contribution in [1.29, 1.82) is 0 Å². The van der Waals surface area contributed by atoms with Gasteiger partial charge < -0.3 is 23.2 Å². The Labute approximate surface area is 760 Å². The van der Waals surface area contributed by atoms with Crippen molar-refractivity contribution in [3.63, 3.8) is 0 Å². The Morgan fingerprint density at radius 3 is 1.09 bits per heavy atom. The zero-order valence-electron chi connectivity index (χ0n) is 81.3. The topological polar surface area (TPSA) is 37.7 Å². The van der Waals surface area contributed by atoms with Crippen LogP contribution in [-0.4, -0.2) is 11.3 Å². The summed E-state index contributed by atoms with van der Waals surface area (Å²) in [5.41, 5.74) is 30.1. The molecule has 0 spiro atoms. The number of hydrogen-bond acceptors (Lipinski definition) is 4. The Morgan fingerprint density at radius 2 is 0.625 bits per heavy atom. The number of nitrogens with zero attached hydrogens (tertiary/aromatic N) is 3. The molecule has 6 heteroatoms. The van der Waals surface area contributed by atoms with Crippen LogP contribution in [0.1, 0.15) is 140 Å². The van der Waals surface area contributed by atoms with E-state index in [2.05, 4.69) is 368 Å². The lowest BCUT2D eigenvalue weighted by Crippen LogP contribution is -2.61. The number of fused-ring (bicyclic) bond motifs is 13. The van der Waals surface area contributed by atoms with E-state index in [9.17, 15) is 8.22 Å². The third-order valence-corrected chi connectivity index (χ3v) is 26.8. The molecule has 0 unspecified atom stereocenters. The monoisotopic (exact) mass is 1660 g/mol. The maximum atomic E-state index is 10.7. The van der Waals surface area contributed by atoms with E-state index >= 15 is 0 Å². The van der Waals surface area contributed by atoms with Gasteiger partial charge in [0, 0.05) is 94.1 Å². The van der Waals surface area contributed by atoms with Gasteiger partial charge >= 0.3 is 0 Å². The van der Waals surface area contributed by atoms with Crippen molar-refractivity contribution in [3.8, 4) is 94.7 Å². The van der Waals surface area contributed by atoms with Crippen LogP contribution in [0.3, 0.4) is 0 Å². The van der Waals surface area contributed by atoms with E-state index in [1.807, 2.05) is 71.3 Å². The first kappa shape index (κ1) is 73.0. The number of aromatic nitrogens is 1. The average molecular weight is 1660 g/mol. The van der Waals surface area contributed by atoms with Crippen LogP contribution in [0, 0.1) is 0 Å². The number of rotatable bonds is 11. The van der Waals surface area contributed by atoms with E-state index in [4.69, 9.17) is 8.83 Å². The molecule has 0 aliphatic carbocycles. The molecule has 0 N–H and O–H groups in total. The summed E-state index contributed by atoms with van der Waals surface area (Å²) < 4.78 is 80.2. The highest BCUT2D eigenvalue weighted by Gasteiger charge is 2.47. The number of anilines is 6. The van der Waals surface area contributed by atoms with E-state index < -0.39 is 17.5 Å². The summed E-state index contributed by atoms with van der Waals surface area (Å²) in [6, 6.07) is 114. The maximum Gasteiger partial charge on any atom is 0.252 e. The first-order valence-corrected chi connectivity index (χ1v) is 45.0. The summed E-state index contributed by atoms with van der Waals surface area (Å²) in [6.07, 6.45) is 0. The Balaban J connectivity index is 0.955. The minimum absolute atomic E-state index is 0.0506. The highest BCUT2D eigenvalue weighted by atomic mass is 16.3. The number of hydrogen-bond donors (Lipinski definition) is 0. The largest absolute Gasteiger partial charge is 0.455 e. The van der Waals surface area contributed by atoms with Gasteiger partial charge in [0.15, 0.2) is 0 Å². The Bertz CT molecular complexity index is 8140. The molecular formula is C122H104BN3O2. The molecule has 2 aliphatic rings. The normalized spacial score (nSPS) is 13.7. The fourth-order valence-corrected chi connectivity index (χ4v) is 19.9. The summed E-state index contributed by atoms with van der Waals surface area (Å²) in [4.78, 5) is 5.19. The highest BCUT2D eigenvalue weighted by Crippen LogP contribution is 2.58. The summed E-state index contributed by atoms with van der Waals surface area (Å²) in [7, 11) is 0. The zero-order chi connectivity index (χ0) is 93.0. The van der Waals surface area contributed by atoms with Gasteiger partial charge in [0.1, 0.15) is 22.3 Å². The van der Waals surface area contributed by atoms with Gasteiger partial charge in [0.2, 0.25) is 0 Å². The Hall–Kier alpha value is -14.2. The molecule has 20 aromatic rings. The molecule has 0 saturated carbocycles. The number of benzene rings is 17. The fourth-order valence-electron chi connectivity index (χ4n) is 19.9. The SMILES string of the molecule is [2H]c1c(-c2ccccc2)c([2H])c2c3c([2H])c(-c4ccccc4)c([2H])c([2H])c3n(-c3ccc4c(c3)N(c3c(-c5ccc(C(C)(C)C)cc5)cc(C(C)(C)C)cc3-c3cccc5c3oc3ccccc35)c3cc(C(C)(C)C)cc5c3B4c3cc(-c4ccccc4-c4ccccc4)ccc3N5c3c(-c4ccc(C(C)(C)C)cc4)cc(C(C)(C)C)cc3-c3cccc4c3oc3ccccc34)c2c1[2H]. The van der Waals surface area contributed by atoms with Crippen molar-refractivity contribution in [3.05, 3.63) is 386 Å². The Kier molecular flexibility index (Phi) is 17.0. The lowest BCUT2D eigenvalue weighted by Gasteiger charge is -2.47. The zero-order valence-corrected chi connectivity index (χ0v) is 75.3. The lowest BCUT2D eigenvalue weighted by atomic mass is 9.33. The molecule has 3 aromatic heterocycles. The third-order valence-electron chi connectivity index (χ3n) is 26.8. The molecule has 22 rings (SSSR count). The number of furan rings is 2. The van der Waals surface area contributed by atoms with Gasteiger partial charge in [-0.3, -0.25) is 0 Å². The smallest absolute Gasteiger partial charge is 0.252 e. The summed E-state index contributed by atoms with van der Waals surface area (Å²) >= 11 is 0. The van der Waals surface area contributed by atoms with E-state index in [0.29, 0.717) is 16.8 Å². The van der Waals surface area contributed by atoms with Crippen molar-refractivity contribution in [1.82, 2.24) is 4.57 Å². The van der Waals surface area contributed by atoms with Gasteiger partial charge in [-0.1, -0.05) is 371 Å². The minimum atomic E-state index is -0.585. The fraction of sp³-hybridized carbons (Fsp3) is 0.164. The molecular weight excluding hydrogens is 1550 g/mol. The molecule has 0 amide bonds. The molecule has 622 valence electrons. The van der Waals surface area contributed by atoms with E-state index in [1.54, 1.807) is 0 Å². The third kappa shape index (κ3) is 13.3. The van der Waals surface area contributed by atoms with Crippen LogP contribution in [0.2, 0.25) is 0 Å². The van der Waals surface area contributed by atoms with Crippen LogP contribution in [0.15, 0.2) is 367 Å². The van der Waals surface area contributed by atoms with E-state index in [0.717, 1.165) is 178 Å². The van der Waals surface area contributed by atoms with Crippen LogP contribution in [0.25, 0.3) is 160 Å². The molecule has 128 heavy (non-hydrogen) atoms. The van der Waals surface area contributed by atoms with Crippen LogP contribution in [0.4, 0.5) is 34.1 Å². The lowest BCUT2D eigenvalue weighted by molar-refractivity contribution is 0.589. The molecule has 0 fully saturated rings. The summed E-state index contributed by atoms with van der Waals surface area (Å²) in [5, 5.41) is 4.52. The molecule has 0 saturated heterocycles. The van der Waals surface area contributed by atoms with Crippen molar-refractivity contribution in [2.75, 3.05) is 9.80 Å². The molecule has 17 aromatic carbocycles. The summed E-state index contributed by atoms with van der Waals surface area (Å²) in [5.74, 6) is 0. The van der Waals surface area contributed by atoms with Crippen LogP contribution < -0.4 is 26.2 Å².